The summed E-state index contributed by atoms with van der Waals surface area (Å²) < 4.78 is 20.6. The Morgan fingerprint density at radius 2 is 1.95 bits per heavy atom. The highest BCUT2D eigenvalue weighted by Crippen LogP contribution is 2.28. The van der Waals surface area contributed by atoms with Crippen molar-refractivity contribution in [1.82, 2.24) is 9.55 Å². The third-order valence-electron chi connectivity index (χ3n) is 3.22. The van der Waals surface area contributed by atoms with E-state index in [0.717, 1.165) is 11.4 Å². The third-order valence-corrected chi connectivity index (χ3v) is 3.74. The second kappa shape index (κ2) is 5.54. The van der Waals surface area contributed by atoms with Crippen molar-refractivity contribution in [2.24, 2.45) is 0 Å². The minimum absolute atomic E-state index is 0.0540. The Balaban J connectivity index is 2.25. The van der Waals surface area contributed by atoms with Crippen LogP contribution in [0.1, 0.15) is 5.82 Å². The zero-order chi connectivity index (χ0) is 15.0. The number of benzene rings is 2. The van der Waals surface area contributed by atoms with Crippen molar-refractivity contribution in [1.29, 1.82) is 0 Å². The zero-order valence-corrected chi connectivity index (χ0v) is 12.6. The lowest BCUT2D eigenvalue weighted by Gasteiger charge is -2.09. The fourth-order valence-corrected chi connectivity index (χ4v) is 2.57. The topological polar surface area (TPSA) is 27.1 Å². The van der Waals surface area contributed by atoms with Gasteiger partial charge in [-0.3, -0.25) is 4.57 Å². The van der Waals surface area contributed by atoms with Crippen molar-refractivity contribution in [2.45, 2.75) is 5.88 Å². The van der Waals surface area contributed by atoms with Gasteiger partial charge >= 0.3 is 0 Å². The van der Waals surface area contributed by atoms with Crippen molar-refractivity contribution in [2.75, 3.05) is 7.11 Å². The molecule has 0 aliphatic rings. The number of rotatable bonds is 3. The summed E-state index contributed by atoms with van der Waals surface area (Å²) in [6.07, 6.45) is 0. The van der Waals surface area contributed by atoms with E-state index >= 15 is 0 Å². The molecule has 0 N–H and O–H groups in total. The highest BCUT2D eigenvalue weighted by molar-refractivity contribution is 6.31. The molecule has 0 radical (unpaired) electrons. The number of aromatic nitrogens is 2. The van der Waals surface area contributed by atoms with Gasteiger partial charge in [0, 0.05) is 11.8 Å². The van der Waals surface area contributed by atoms with E-state index in [1.807, 2.05) is 28.8 Å². The summed E-state index contributed by atoms with van der Waals surface area (Å²) in [5, 5.41) is 0.0540. The molecular formula is C15H11Cl2FN2O. The molecule has 0 amide bonds. The average Bonchev–Trinajstić information content (AvgIpc) is 2.85. The monoisotopic (exact) mass is 324 g/mol. The molecule has 1 aromatic heterocycles. The number of methoxy groups -OCH3 is 1. The first-order chi connectivity index (χ1) is 10.1. The standard InChI is InChI=1S/C15H11Cl2FN2O/c1-21-10-4-2-9(3-5-10)20-14-6-11(17)12(18)7-13(14)19-15(20)8-16/h2-7H,8H2,1H3. The molecule has 6 heteroatoms. The summed E-state index contributed by atoms with van der Waals surface area (Å²) >= 11 is 11.8. The van der Waals surface area contributed by atoms with Crippen LogP contribution in [0.4, 0.5) is 4.39 Å². The van der Waals surface area contributed by atoms with Gasteiger partial charge in [-0.2, -0.15) is 0 Å². The molecule has 0 saturated carbocycles. The van der Waals surface area contributed by atoms with Crippen LogP contribution in [0.2, 0.25) is 5.02 Å². The van der Waals surface area contributed by atoms with Crippen molar-refractivity contribution in [3.8, 4) is 11.4 Å². The Kier molecular flexibility index (Phi) is 3.74. The van der Waals surface area contributed by atoms with Gasteiger partial charge in [-0.1, -0.05) is 11.6 Å². The van der Waals surface area contributed by atoms with Crippen molar-refractivity contribution in [3.05, 3.63) is 53.1 Å². The van der Waals surface area contributed by atoms with E-state index in [-0.39, 0.29) is 10.9 Å². The number of nitrogens with zero attached hydrogens (tertiary/aromatic N) is 2. The van der Waals surface area contributed by atoms with E-state index < -0.39 is 5.82 Å². The van der Waals surface area contributed by atoms with Crippen LogP contribution < -0.4 is 4.74 Å². The number of imidazole rings is 1. The Labute approximate surface area is 130 Å². The van der Waals surface area contributed by atoms with Gasteiger partial charge in [-0.15, -0.1) is 11.6 Å². The number of hydrogen-bond donors (Lipinski definition) is 0. The van der Waals surface area contributed by atoms with E-state index in [2.05, 4.69) is 4.98 Å². The normalized spacial score (nSPS) is 11.0. The zero-order valence-electron chi connectivity index (χ0n) is 11.1. The van der Waals surface area contributed by atoms with Crippen LogP contribution in [0.25, 0.3) is 16.7 Å². The SMILES string of the molecule is COc1ccc(-n2c(CCl)nc3cc(F)c(Cl)cc32)cc1. The number of alkyl halides is 1. The molecule has 2 aromatic carbocycles. The van der Waals surface area contributed by atoms with Gasteiger partial charge in [-0.05, 0) is 30.3 Å². The molecule has 3 aromatic rings. The van der Waals surface area contributed by atoms with Gasteiger partial charge in [0.1, 0.15) is 17.4 Å². The number of ether oxygens (including phenoxy) is 1. The highest BCUT2D eigenvalue weighted by Gasteiger charge is 2.14. The smallest absolute Gasteiger partial charge is 0.144 e. The van der Waals surface area contributed by atoms with E-state index in [0.29, 0.717) is 16.9 Å². The molecule has 0 aliphatic heterocycles. The van der Waals surface area contributed by atoms with Crippen molar-refractivity contribution in [3.63, 3.8) is 0 Å². The largest absolute Gasteiger partial charge is 0.497 e. The molecule has 3 rings (SSSR count). The molecule has 3 nitrogen and oxygen atoms in total. The van der Waals surface area contributed by atoms with E-state index in [1.165, 1.54) is 6.07 Å². The van der Waals surface area contributed by atoms with E-state index in [4.69, 9.17) is 27.9 Å². The van der Waals surface area contributed by atoms with Crippen LogP contribution in [0, 0.1) is 5.82 Å². The Hall–Kier alpha value is -1.78. The summed E-state index contributed by atoms with van der Waals surface area (Å²) in [6, 6.07) is 10.3. The summed E-state index contributed by atoms with van der Waals surface area (Å²) in [4.78, 5) is 4.35. The number of halogens is 3. The minimum atomic E-state index is -0.496. The van der Waals surface area contributed by atoms with Gasteiger partial charge in [0.25, 0.3) is 0 Å². The minimum Gasteiger partial charge on any atom is -0.497 e. The van der Waals surface area contributed by atoms with Gasteiger partial charge in [0.2, 0.25) is 0 Å². The molecule has 1 heterocycles. The number of hydrogen-bond acceptors (Lipinski definition) is 2. The summed E-state index contributed by atoms with van der Waals surface area (Å²) in [5.41, 5.74) is 2.09. The molecule has 0 spiro atoms. The van der Waals surface area contributed by atoms with Crippen LogP contribution in [-0.4, -0.2) is 16.7 Å². The van der Waals surface area contributed by atoms with Crippen LogP contribution in [-0.2, 0) is 5.88 Å². The predicted molar refractivity (Wildman–Crippen MR) is 82.1 cm³/mol. The Bertz CT molecular complexity index is 800. The first kappa shape index (κ1) is 14.2. The van der Waals surface area contributed by atoms with Crippen LogP contribution in [0.15, 0.2) is 36.4 Å². The summed E-state index contributed by atoms with van der Waals surface area (Å²) in [5.74, 6) is 1.09. The molecule has 0 bridgehead atoms. The van der Waals surface area contributed by atoms with Gasteiger partial charge < -0.3 is 4.74 Å². The second-order valence-corrected chi connectivity index (χ2v) is 5.12. The summed E-state index contributed by atoms with van der Waals surface area (Å²) in [7, 11) is 1.61. The number of fused-ring (bicyclic) bond motifs is 1. The average molecular weight is 325 g/mol. The van der Waals surface area contributed by atoms with Crippen LogP contribution >= 0.6 is 23.2 Å². The maximum absolute atomic E-state index is 13.6. The summed E-state index contributed by atoms with van der Waals surface area (Å²) in [6.45, 7) is 0. The molecule has 21 heavy (non-hydrogen) atoms. The molecular weight excluding hydrogens is 314 g/mol. The lowest BCUT2D eigenvalue weighted by molar-refractivity contribution is 0.414. The van der Waals surface area contributed by atoms with E-state index in [9.17, 15) is 4.39 Å². The van der Waals surface area contributed by atoms with Crippen molar-refractivity contribution < 1.29 is 9.13 Å². The first-order valence-corrected chi connectivity index (χ1v) is 7.12. The molecule has 0 atom stereocenters. The van der Waals surface area contributed by atoms with Gasteiger partial charge in [-0.25, -0.2) is 9.37 Å². The first-order valence-electron chi connectivity index (χ1n) is 6.21. The Morgan fingerprint density at radius 3 is 2.57 bits per heavy atom. The van der Waals surface area contributed by atoms with Crippen molar-refractivity contribution >= 4 is 34.2 Å². The highest BCUT2D eigenvalue weighted by atomic mass is 35.5. The predicted octanol–water partition coefficient (Wildman–Crippen LogP) is 4.57. The third kappa shape index (κ3) is 2.45. The molecule has 108 valence electrons. The lowest BCUT2D eigenvalue weighted by atomic mass is 10.2. The quantitative estimate of drug-likeness (QED) is 0.660. The fourth-order valence-electron chi connectivity index (χ4n) is 2.23. The molecule has 0 saturated heterocycles. The van der Waals surface area contributed by atoms with Crippen LogP contribution in [0.5, 0.6) is 5.75 Å². The van der Waals surface area contributed by atoms with Gasteiger partial charge in [0.05, 0.1) is 29.0 Å². The van der Waals surface area contributed by atoms with Crippen LogP contribution in [0.3, 0.4) is 0 Å². The molecule has 0 fully saturated rings. The maximum Gasteiger partial charge on any atom is 0.144 e. The molecule has 0 unspecified atom stereocenters. The Morgan fingerprint density at radius 1 is 1.24 bits per heavy atom. The van der Waals surface area contributed by atoms with Gasteiger partial charge in [0.15, 0.2) is 0 Å². The van der Waals surface area contributed by atoms with E-state index in [1.54, 1.807) is 13.2 Å². The maximum atomic E-state index is 13.6. The second-order valence-electron chi connectivity index (χ2n) is 4.45. The molecule has 0 aliphatic carbocycles. The fraction of sp³-hybridized carbons (Fsp3) is 0.133. The lowest BCUT2D eigenvalue weighted by Crippen LogP contribution is -1.99.